The monoisotopic (exact) mass is 357 g/mol. The number of rotatable bonds is 6. The first-order chi connectivity index (χ1) is 11.7. The Balaban J connectivity index is 2.06. The highest BCUT2D eigenvalue weighted by molar-refractivity contribution is 5.76. The Kier molecular flexibility index (Phi) is 5.55. The van der Waals surface area contributed by atoms with Crippen molar-refractivity contribution < 1.29 is 27.4 Å². The molecule has 136 valence electrons. The molecular formula is C16H18F3N3O3. The van der Waals surface area contributed by atoms with Gasteiger partial charge in [-0.25, -0.2) is 0 Å². The van der Waals surface area contributed by atoms with Crippen molar-refractivity contribution in [1.29, 1.82) is 0 Å². The van der Waals surface area contributed by atoms with Gasteiger partial charge in [-0.1, -0.05) is 0 Å². The summed E-state index contributed by atoms with van der Waals surface area (Å²) in [4.78, 5) is 12.1. The number of benzene rings is 1. The van der Waals surface area contributed by atoms with Crippen LogP contribution in [0.4, 0.5) is 13.2 Å². The molecule has 0 aliphatic carbocycles. The number of hydrogen-bond donors (Lipinski definition) is 1. The van der Waals surface area contributed by atoms with Crippen molar-refractivity contribution in [2.45, 2.75) is 25.7 Å². The molecule has 0 unspecified atom stereocenters. The van der Waals surface area contributed by atoms with Crippen LogP contribution in [0.1, 0.15) is 24.2 Å². The van der Waals surface area contributed by atoms with E-state index in [4.69, 9.17) is 9.47 Å². The highest BCUT2D eigenvalue weighted by Gasteiger charge is 2.33. The van der Waals surface area contributed by atoms with E-state index in [0.29, 0.717) is 17.1 Å². The van der Waals surface area contributed by atoms with Gasteiger partial charge in [0.25, 0.3) is 0 Å². The van der Waals surface area contributed by atoms with Gasteiger partial charge in [-0.05, 0) is 31.2 Å². The smallest absolute Gasteiger partial charge is 0.435 e. The van der Waals surface area contributed by atoms with Crippen molar-refractivity contribution >= 4 is 5.91 Å². The van der Waals surface area contributed by atoms with Crippen molar-refractivity contribution in [1.82, 2.24) is 15.1 Å². The van der Waals surface area contributed by atoms with Gasteiger partial charge in [-0.2, -0.15) is 18.3 Å². The number of alkyl halides is 3. The highest BCUT2D eigenvalue weighted by Crippen LogP contribution is 2.29. The van der Waals surface area contributed by atoms with E-state index in [2.05, 4.69) is 10.4 Å². The van der Waals surface area contributed by atoms with Gasteiger partial charge in [0.15, 0.2) is 5.69 Å². The van der Waals surface area contributed by atoms with Crippen molar-refractivity contribution in [2.24, 2.45) is 0 Å². The minimum atomic E-state index is -4.54. The predicted molar refractivity (Wildman–Crippen MR) is 83.3 cm³/mol. The summed E-state index contributed by atoms with van der Waals surface area (Å²) in [7, 11) is 3.02. The molecule has 1 heterocycles. The van der Waals surface area contributed by atoms with Gasteiger partial charge in [0.05, 0.1) is 20.3 Å². The molecule has 0 saturated heterocycles. The molecule has 25 heavy (non-hydrogen) atoms. The molecule has 1 atom stereocenters. The molecule has 0 aliphatic rings. The van der Waals surface area contributed by atoms with Crippen LogP contribution in [0, 0.1) is 0 Å². The molecule has 0 aliphatic heterocycles. The standard InChI is InChI=1S/C16H18F3N3O3/c1-10(12-8-11(24-2)4-5-13(12)25-3)20-15(23)9-22-7-6-14(21-22)16(17,18)19/h4-8,10H,9H2,1-3H3,(H,20,23)/t10-/m0/s1. The van der Waals surface area contributed by atoms with Crippen LogP contribution >= 0.6 is 0 Å². The number of aromatic nitrogens is 2. The van der Waals surface area contributed by atoms with E-state index in [0.717, 1.165) is 16.9 Å². The number of hydrogen-bond acceptors (Lipinski definition) is 4. The molecule has 1 amide bonds. The molecule has 0 radical (unpaired) electrons. The fraction of sp³-hybridized carbons (Fsp3) is 0.375. The number of carbonyl (C=O) groups excluding carboxylic acids is 1. The molecule has 0 fully saturated rings. The zero-order chi connectivity index (χ0) is 18.6. The number of carbonyl (C=O) groups is 1. The summed E-state index contributed by atoms with van der Waals surface area (Å²) in [5.74, 6) is 0.681. The molecule has 0 bridgehead atoms. The Morgan fingerprint density at radius 3 is 2.56 bits per heavy atom. The lowest BCUT2D eigenvalue weighted by Crippen LogP contribution is -2.30. The van der Waals surface area contributed by atoms with Crippen LogP contribution < -0.4 is 14.8 Å². The van der Waals surface area contributed by atoms with Crippen molar-refractivity contribution in [3.05, 3.63) is 41.7 Å². The second-order valence-electron chi connectivity index (χ2n) is 5.29. The molecule has 1 aromatic carbocycles. The van der Waals surface area contributed by atoms with Crippen LogP contribution in [0.5, 0.6) is 11.5 Å². The Hall–Kier alpha value is -2.71. The van der Waals surface area contributed by atoms with Crippen LogP contribution in [-0.2, 0) is 17.5 Å². The van der Waals surface area contributed by atoms with Crippen LogP contribution in [-0.4, -0.2) is 29.9 Å². The summed E-state index contributed by atoms with van der Waals surface area (Å²) in [6, 6.07) is 5.54. The first-order valence-corrected chi connectivity index (χ1v) is 7.36. The van der Waals surface area contributed by atoms with E-state index in [1.807, 2.05) is 0 Å². The second kappa shape index (κ2) is 7.45. The van der Waals surface area contributed by atoms with Gasteiger partial charge in [0.1, 0.15) is 18.0 Å². The minimum absolute atomic E-state index is 0.327. The van der Waals surface area contributed by atoms with E-state index in [1.165, 1.54) is 14.2 Å². The predicted octanol–water partition coefficient (Wildman–Crippen LogP) is 2.80. The lowest BCUT2D eigenvalue weighted by molar-refractivity contribution is -0.141. The zero-order valence-electron chi connectivity index (χ0n) is 13.9. The van der Waals surface area contributed by atoms with Gasteiger partial charge in [-0.15, -0.1) is 0 Å². The summed E-state index contributed by atoms with van der Waals surface area (Å²) in [5.41, 5.74) is -0.352. The number of amides is 1. The summed E-state index contributed by atoms with van der Waals surface area (Å²) >= 11 is 0. The molecule has 9 heteroatoms. The lowest BCUT2D eigenvalue weighted by atomic mass is 10.1. The van der Waals surface area contributed by atoms with E-state index >= 15 is 0 Å². The van der Waals surface area contributed by atoms with Gasteiger partial charge in [-0.3, -0.25) is 9.48 Å². The Labute approximate surface area is 142 Å². The van der Waals surface area contributed by atoms with E-state index < -0.39 is 23.8 Å². The largest absolute Gasteiger partial charge is 0.497 e. The molecule has 0 spiro atoms. The van der Waals surface area contributed by atoms with Crippen LogP contribution in [0.3, 0.4) is 0 Å². The molecule has 2 aromatic rings. The highest BCUT2D eigenvalue weighted by atomic mass is 19.4. The minimum Gasteiger partial charge on any atom is -0.497 e. The first-order valence-electron chi connectivity index (χ1n) is 7.36. The van der Waals surface area contributed by atoms with Gasteiger partial charge in [0, 0.05) is 11.8 Å². The summed E-state index contributed by atoms with van der Waals surface area (Å²) in [6.45, 7) is 1.41. The maximum Gasteiger partial charge on any atom is 0.435 e. The quantitative estimate of drug-likeness (QED) is 0.863. The molecule has 1 N–H and O–H groups in total. The first kappa shape index (κ1) is 18.6. The Morgan fingerprint density at radius 2 is 2.00 bits per heavy atom. The number of halogens is 3. The average molecular weight is 357 g/mol. The SMILES string of the molecule is COc1ccc(OC)c([C@H](C)NC(=O)Cn2ccc(C(F)(F)F)n2)c1. The Bertz CT molecular complexity index is 744. The maximum absolute atomic E-state index is 12.5. The van der Waals surface area contributed by atoms with Gasteiger partial charge >= 0.3 is 6.18 Å². The Morgan fingerprint density at radius 1 is 1.28 bits per heavy atom. The van der Waals surface area contributed by atoms with Crippen molar-refractivity contribution in [3.63, 3.8) is 0 Å². The van der Waals surface area contributed by atoms with Crippen LogP contribution in [0.15, 0.2) is 30.5 Å². The number of ether oxygens (including phenoxy) is 2. The molecule has 0 saturated carbocycles. The van der Waals surface area contributed by atoms with Crippen molar-refractivity contribution in [3.8, 4) is 11.5 Å². The zero-order valence-corrected chi connectivity index (χ0v) is 13.9. The van der Waals surface area contributed by atoms with Gasteiger partial charge < -0.3 is 14.8 Å². The third-order valence-corrected chi connectivity index (χ3v) is 3.52. The van der Waals surface area contributed by atoms with E-state index in [-0.39, 0.29) is 6.54 Å². The normalized spacial score (nSPS) is 12.6. The summed E-state index contributed by atoms with van der Waals surface area (Å²) < 4.78 is 48.9. The molecule has 6 nitrogen and oxygen atoms in total. The second-order valence-corrected chi connectivity index (χ2v) is 5.29. The summed E-state index contributed by atoms with van der Waals surface area (Å²) in [6.07, 6.45) is -3.43. The molecule has 1 aromatic heterocycles. The van der Waals surface area contributed by atoms with Gasteiger partial charge in [0.2, 0.25) is 5.91 Å². The third-order valence-electron chi connectivity index (χ3n) is 3.52. The summed E-state index contributed by atoms with van der Waals surface area (Å²) in [5, 5.41) is 6.05. The number of nitrogens with zero attached hydrogens (tertiary/aromatic N) is 2. The number of nitrogens with one attached hydrogen (secondary N) is 1. The van der Waals surface area contributed by atoms with Crippen molar-refractivity contribution in [2.75, 3.05) is 14.2 Å². The lowest BCUT2D eigenvalue weighted by Gasteiger charge is -2.18. The van der Waals surface area contributed by atoms with E-state index in [1.54, 1.807) is 25.1 Å². The topological polar surface area (TPSA) is 65.4 Å². The molecular weight excluding hydrogens is 339 g/mol. The molecule has 2 rings (SSSR count). The van der Waals surface area contributed by atoms with Crippen LogP contribution in [0.2, 0.25) is 0 Å². The fourth-order valence-electron chi connectivity index (χ4n) is 2.29. The number of methoxy groups -OCH3 is 2. The maximum atomic E-state index is 12.5. The average Bonchev–Trinajstić information content (AvgIpc) is 3.02. The van der Waals surface area contributed by atoms with Crippen LogP contribution in [0.25, 0.3) is 0 Å². The van der Waals surface area contributed by atoms with E-state index in [9.17, 15) is 18.0 Å². The third kappa shape index (κ3) is 4.65. The fourth-order valence-corrected chi connectivity index (χ4v) is 2.29.